The Hall–Kier alpha value is -3.27. The van der Waals surface area contributed by atoms with Crippen LogP contribution in [0.2, 0.25) is 0 Å². The Morgan fingerprint density at radius 3 is 2.97 bits per heavy atom. The van der Waals surface area contributed by atoms with Crippen molar-refractivity contribution in [3.05, 3.63) is 48.0 Å². The molecule has 1 aromatic heterocycles. The summed E-state index contributed by atoms with van der Waals surface area (Å²) in [5, 5.41) is 14.8. The number of hydrogen-bond acceptors (Lipinski definition) is 8. The van der Waals surface area contributed by atoms with E-state index in [1.54, 1.807) is 18.7 Å². The van der Waals surface area contributed by atoms with E-state index in [-0.39, 0.29) is 12.7 Å². The fraction of sp³-hybridized carbons (Fsp3) is 0.263. The second-order valence-corrected chi connectivity index (χ2v) is 7.52. The average Bonchev–Trinajstić information content (AvgIpc) is 3.40. The van der Waals surface area contributed by atoms with Crippen LogP contribution in [0.1, 0.15) is 12.5 Å². The van der Waals surface area contributed by atoms with Crippen molar-refractivity contribution in [3.63, 3.8) is 0 Å². The van der Waals surface area contributed by atoms with Gasteiger partial charge in [-0.1, -0.05) is 30.0 Å². The lowest BCUT2D eigenvalue weighted by Gasteiger charge is -2.13. The van der Waals surface area contributed by atoms with E-state index in [1.807, 2.05) is 42.5 Å². The Kier molecular flexibility index (Phi) is 5.52. The number of carbonyl (C=O) groups excluding carboxylic acids is 1. The molecule has 1 N–H and O–H groups in total. The Labute approximate surface area is 171 Å². The van der Waals surface area contributed by atoms with Crippen molar-refractivity contribution in [2.24, 2.45) is 0 Å². The maximum Gasteiger partial charge on any atom is 0.233 e. The van der Waals surface area contributed by atoms with E-state index in [4.69, 9.17) is 14.2 Å². The molecule has 29 heavy (non-hydrogen) atoms. The molecular weight excluding hydrogens is 394 g/mol. The van der Waals surface area contributed by atoms with Crippen molar-refractivity contribution in [2.45, 2.75) is 23.9 Å². The molecule has 0 fully saturated rings. The summed E-state index contributed by atoms with van der Waals surface area (Å²) in [7, 11) is 1.59. The maximum atomic E-state index is 12.6. The van der Waals surface area contributed by atoms with Crippen LogP contribution in [0.3, 0.4) is 0 Å². The van der Waals surface area contributed by atoms with Crippen molar-refractivity contribution in [2.75, 3.05) is 13.9 Å². The highest BCUT2D eigenvalue weighted by Gasteiger charge is 2.21. The molecule has 1 aliphatic rings. The third-order valence-corrected chi connectivity index (χ3v) is 5.34. The molecule has 1 atom stereocenters. The smallest absolute Gasteiger partial charge is 0.233 e. The summed E-state index contributed by atoms with van der Waals surface area (Å²) in [6, 6.07) is 13.0. The van der Waals surface area contributed by atoms with E-state index >= 15 is 0 Å². The number of tetrazole rings is 1. The SMILES string of the molecule is COc1ccccc1-n1nnnc1S[C@@H](C)C(=O)NCc1ccc2c(c1)OCO2. The Morgan fingerprint density at radius 1 is 1.28 bits per heavy atom. The van der Waals surface area contributed by atoms with Gasteiger partial charge in [-0.3, -0.25) is 4.79 Å². The van der Waals surface area contributed by atoms with Gasteiger partial charge in [0.05, 0.1) is 12.4 Å². The molecular formula is C19H19N5O4S. The molecule has 0 saturated heterocycles. The Bertz CT molecular complexity index is 1030. The van der Waals surface area contributed by atoms with E-state index in [2.05, 4.69) is 20.8 Å². The summed E-state index contributed by atoms with van der Waals surface area (Å²) >= 11 is 1.27. The number of amides is 1. The summed E-state index contributed by atoms with van der Waals surface area (Å²) in [6.45, 7) is 2.42. The number of hydrogen-bond donors (Lipinski definition) is 1. The highest BCUT2D eigenvalue weighted by molar-refractivity contribution is 8.00. The predicted octanol–water partition coefficient (Wildman–Crippen LogP) is 2.20. The summed E-state index contributed by atoms with van der Waals surface area (Å²) in [6.07, 6.45) is 0. The molecule has 0 radical (unpaired) electrons. The molecule has 1 amide bonds. The van der Waals surface area contributed by atoms with E-state index in [0.29, 0.717) is 34.6 Å². The number of aromatic nitrogens is 4. The van der Waals surface area contributed by atoms with Gasteiger partial charge < -0.3 is 19.5 Å². The van der Waals surface area contributed by atoms with Crippen molar-refractivity contribution < 1.29 is 19.0 Å². The van der Waals surface area contributed by atoms with Crippen LogP contribution >= 0.6 is 11.8 Å². The molecule has 9 nitrogen and oxygen atoms in total. The van der Waals surface area contributed by atoms with Crippen LogP contribution in [0.15, 0.2) is 47.6 Å². The normalized spacial score (nSPS) is 13.2. The number of carbonyl (C=O) groups is 1. The number of benzene rings is 2. The van der Waals surface area contributed by atoms with E-state index < -0.39 is 5.25 Å². The third-order valence-electron chi connectivity index (χ3n) is 4.31. The van der Waals surface area contributed by atoms with Gasteiger partial charge in [0.15, 0.2) is 11.5 Å². The molecule has 3 aromatic rings. The third kappa shape index (κ3) is 4.11. The van der Waals surface area contributed by atoms with Crippen LogP contribution < -0.4 is 19.5 Å². The number of rotatable bonds is 7. The first kappa shape index (κ1) is 19.1. The lowest BCUT2D eigenvalue weighted by Crippen LogP contribution is -2.30. The van der Waals surface area contributed by atoms with Gasteiger partial charge in [0.1, 0.15) is 11.4 Å². The second kappa shape index (κ2) is 8.39. The first-order valence-corrected chi connectivity index (χ1v) is 9.78. The first-order chi connectivity index (χ1) is 14.2. The van der Waals surface area contributed by atoms with Gasteiger partial charge in [-0.05, 0) is 47.2 Å². The number of thioether (sulfide) groups is 1. The topological polar surface area (TPSA) is 100 Å². The quantitative estimate of drug-likeness (QED) is 0.589. The van der Waals surface area contributed by atoms with Gasteiger partial charge in [0.2, 0.25) is 17.9 Å². The number of ether oxygens (including phenoxy) is 3. The molecule has 0 saturated carbocycles. The minimum absolute atomic E-state index is 0.123. The van der Waals surface area contributed by atoms with Crippen molar-refractivity contribution >= 4 is 17.7 Å². The lowest BCUT2D eigenvalue weighted by molar-refractivity contribution is -0.120. The molecule has 0 unspecified atom stereocenters. The Morgan fingerprint density at radius 2 is 2.10 bits per heavy atom. The summed E-state index contributed by atoms with van der Waals surface area (Å²) in [4.78, 5) is 12.6. The largest absolute Gasteiger partial charge is 0.494 e. The molecule has 150 valence electrons. The molecule has 2 heterocycles. The standard InChI is InChI=1S/C19H19N5O4S/c1-12(18(25)20-10-13-7-8-16-17(9-13)28-11-27-16)29-19-21-22-23-24(19)14-5-3-4-6-15(14)26-2/h3-9,12H,10-11H2,1-2H3,(H,20,25)/t12-/m0/s1. The maximum absolute atomic E-state index is 12.6. The fourth-order valence-electron chi connectivity index (χ4n) is 2.80. The summed E-state index contributed by atoms with van der Waals surface area (Å²) < 4.78 is 17.6. The van der Waals surface area contributed by atoms with Gasteiger partial charge in [-0.25, -0.2) is 0 Å². The number of nitrogens with one attached hydrogen (secondary N) is 1. The van der Waals surface area contributed by atoms with Crippen LogP contribution in [0.4, 0.5) is 0 Å². The zero-order valence-electron chi connectivity index (χ0n) is 15.9. The van der Waals surface area contributed by atoms with Gasteiger partial charge in [-0.15, -0.1) is 5.10 Å². The van der Waals surface area contributed by atoms with Gasteiger partial charge >= 0.3 is 0 Å². The van der Waals surface area contributed by atoms with Crippen molar-refractivity contribution in [3.8, 4) is 22.9 Å². The second-order valence-electron chi connectivity index (χ2n) is 6.21. The van der Waals surface area contributed by atoms with Crippen LogP contribution in [-0.4, -0.2) is 45.3 Å². The fourth-order valence-corrected chi connectivity index (χ4v) is 3.63. The minimum Gasteiger partial charge on any atom is -0.494 e. The number of nitrogens with zero attached hydrogens (tertiary/aromatic N) is 4. The van der Waals surface area contributed by atoms with Crippen LogP contribution in [-0.2, 0) is 11.3 Å². The summed E-state index contributed by atoms with van der Waals surface area (Å²) in [5.74, 6) is 1.92. The molecule has 0 bridgehead atoms. The zero-order valence-corrected chi connectivity index (χ0v) is 16.7. The van der Waals surface area contributed by atoms with Crippen LogP contribution in [0.25, 0.3) is 5.69 Å². The molecule has 10 heteroatoms. The number of methoxy groups -OCH3 is 1. The molecule has 0 aliphatic carbocycles. The lowest BCUT2D eigenvalue weighted by atomic mass is 10.2. The zero-order chi connectivity index (χ0) is 20.2. The number of para-hydroxylation sites is 2. The molecule has 1 aliphatic heterocycles. The van der Waals surface area contributed by atoms with Gasteiger partial charge in [0, 0.05) is 6.54 Å². The minimum atomic E-state index is -0.400. The van der Waals surface area contributed by atoms with E-state index in [0.717, 1.165) is 5.56 Å². The van der Waals surface area contributed by atoms with Crippen LogP contribution in [0.5, 0.6) is 17.2 Å². The first-order valence-electron chi connectivity index (χ1n) is 8.90. The molecule has 0 spiro atoms. The van der Waals surface area contributed by atoms with Gasteiger partial charge in [0.25, 0.3) is 0 Å². The molecule has 2 aromatic carbocycles. The van der Waals surface area contributed by atoms with Gasteiger partial charge in [-0.2, -0.15) is 4.68 Å². The van der Waals surface area contributed by atoms with Crippen LogP contribution in [0, 0.1) is 0 Å². The average molecular weight is 413 g/mol. The molecule has 4 rings (SSSR count). The summed E-state index contributed by atoms with van der Waals surface area (Å²) in [5.41, 5.74) is 1.63. The van der Waals surface area contributed by atoms with E-state index in [9.17, 15) is 4.79 Å². The van der Waals surface area contributed by atoms with Crippen molar-refractivity contribution in [1.29, 1.82) is 0 Å². The van der Waals surface area contributed by atoms with E-state index in [1.165, 1.54) is 11.8 Å². The predicted molar refractivity (Wildman–Crippen MR) is 105 cm³/mol. The highest BCUT2D eigenvalue weighted by Crippen LogP contribution is 2.32. The monoisotopic (exact) mass is 413 g/mol. The highest BCUT2D eigenvalue weighted by atomic mass is 32.2. The van der Waals surface area contributed by atoms with Crippen molar-refractivity contribution in [1.82, 2.24) is 25.5 Å². The Balaban J connectivity index is 1.40. The number of fused-ring (bicyclic) bond motifs is 1.